The molecule has 1 aliphatic rings. The molecule has 4 aromatic heterocycles. The van der Waals surface area contributed by atoms with Crippen LogP contribution in [0.1, 0.15) is 10.4 Å². The van der Waals surface area contributed by atoms with Crippen molar-refractivity contribution in [3.63, 3.8) is 0 Å². The van der Waals surface area contributed by atoms with E-state index in [1.165, 1.54) is 6.07 Å². The summed E-state index contributed by atoms with van der Waals surface area (Å²) in [5.41, 5.74) is 9.13. The van der Waals surface area contributed by atoms with Crippen LogP contribution in [0.3, 0.4) is 0 Å². The number of piperazine rings is 1. The fourth-order valence-corrected chi connectivity index (χ4v) is 5.44. The van der Waals surface area contributed by atoms with Crippen LogP contribution in [0.4, 0.5) is 16.0 Å². The molecule has 12 nitrogen and oxygen atoms in total. The number of carbonyl (C=O) groups excluding carboxylic acids is 1. The first-order valence-corrected chi connectivity index (χ1v) is 15.0. The van der Waals surface area contributed by atoms with Gasteiger partial charge in [0.2, 0.25) is 5.95 Å². The number of nitrogens with one attached hydrogen (secondary N) is 1. The number of aromatic nitrogens is 5. The van der Waals surface area contributed by atoms with Gasteiger partial charge < -0.3 is 24.9 Å². The number of furan rings is 1. The highest BCUT2D eigenvalue weighted by molar-refractivity contribution is 7.90. The molecule has 1 aromatic carbocycles. The Bertz CT molecular complexity index is 1680. The van der Waals surface area contributed by atoms with Crippen LogP contribution in [0.2, 0.25) is 0 Å². The fraction of sp³-hybridized carbons (Fsp3) is 0.333. The highest BCUT2D eigenvalue weighted by atomic mass is 32.2. The molecule has 0 spiro atoms. The average molecular weight is 580 g/mol. The number of carbonyl (C=O) groups is 1. The van der Waals surface area contributed by atoms with E-state index < -0.39 is 17.0 Å². The Morgan fingerprint density at radius 1 is 1.20 bits per heavy atom. The van der Waals surface area contributed by atoms with Gasteiger partial charge in [-0.2, -0.15) is 19.7 Å². The number of fused-ring (bicyclic) bond motifs is 3. The Hall–Kier alpha value is -4.14. The van der Waals surface area contributed by atoms with Crippen molar-refractivity contribution in [2.45, 2.75) is 6.54 Å². The summed E-state index contributed by atoms with van der Waals surface area (Å²) in [4.78, 5) is 21.1. The molecular formula is C27H30FN9O3S. The minimum atomic E-state index is -0.999. The van der Waals surface area contributed by atoms with Gasteiger partial charge in [-0.05, 0) is 36.4 Å². The zero-order valence-electron chi connectivity index (χ0n) is 22.5. The molecular weight excluding hydrogens is 549 g/mol. The molecule has 5 heterocycles. The Balaban J connectivity index is 1.07. The predicted octanol–water partition coefficient (Wildman–Crippen LogP) is 1.99. The average Bonchev–Trinajstić information content (AvgIpc) is 3.72. The SMILES string of the molecule is C[S+]([O-])CCNC(=O)c1ccc(N2CCN(CCn3ncc4c3nc(N)n3nc(-c5ccco5)cc43)CC2)c(F)c1. The molecule has 1 fully saturated rings. The highest BCUT2D eigenvalue weighted by Crippen LogP contribution is 2.27. The lowest BCUT2D eigenvalue weighted by atomic mass is 10.1. The van der Waals surface area contributed by atoms with Crippen molar-refractivity contribution < 1.29 is 18.2 Å². The molecule has 1 aliphatic heterocycles. The minimum Gasteiger partial charge on any atom is -0.617 e. The maximum absolute atomic E-state index is 14.9. The lowest BCUT2D eigenvalue weighted by Gasteiger charge is -2.36. The van der Waals surface area contributed by atoms with E-state index in [9.17, 15) is 13.7 Å². The summed E-state index contributed by atoms with van der Waals surface area (Å²) in [5, 5.41) is 12.6. The van der Waals surface area contributed by atoms with E-state index in [-0.39, 0.29) is 24.0 Å². The second-order valence-corrected chi connectivity index (χ2v) is 11.5. The molecule has 1 unspecified atom stereocenters. The van der Waals surface area contributed by atoms with Crippen LogP contribution in [0, 0.1) is 5.82 Å². The van der Waals surface area contributed by atoms with Gasteiger partial charge in [0.15, 0.2) is 11.4 Å². The first-order chi connectivity index (χ1) is 19.9. The summed E-state index contributed by atoms with van der Waals surface area (Å²) in [6.07, 6.45) is 4.95. The van der Waals surface area contributed by atoms with Crippen molar-refractivity contribution >= 4 is 45.3 Å². The Morgan fingerprint density at radius 2 is 2.02 bits per heavy atom. The lowest BCUT2D eigenvalue weighted by Crippen LogP contribution is -2.47. The second kappa shape index (κ2) is 11.4. The van der Waals surface area contributed by atoms with Gasteiger partial charge in [-0.15, -0.1) is 0 Å². The van der Waals surface area contributed by atoms with Crippen molar-refractivity contribution in [2.24, 2.45) is 0 Å². The second-order valence-electron chi connectivity index (χ2n) is 9.91. The number of rotatable bonds is 9. The van der Waals surface area contributed by atoms with Crippen molar-refractivity contribution in [1.29, 1.82) is 0 Å². The molecule has 0 bridgehead atoms. The van der Waals surface area contributed by atoms with Crippen LogP contribution in [0.25, 0.3) is 28.0 Å². The number of nitrogen functional groups attached to an aromatic ring is 1. The maximum Gasteiger partial charge on any atom is 0.251 e. The van der Waals surface area contributed by atoms with Crippen molar-refractivity contribution in [3.05, 3.63) is 60.2 Å². The third-order valence-electron chi connectivity index (χ3n) is 7.23. The van der Waals surface area contributed by atoms with Crippen molar-refractivity contribution in [2.75, 3.05) is 61.9 Å². The molecule has 3 N–H and O–H groups in total. The van der Waals surface area contributed by atoms with Crippen LogP contribution in [-0.2, 0) is 17.7 Å². The number of halogens is 1. The van der Waals surface area contributed by atoms with Gasteiger partial charge in [-0.1, -0.05) is 11.2 Å². The monoisotopic (exact) mass is 579 g/mol. The van der Waals surface area contributed by atoms with Crippen LogP contribution < -0.4 is 16.0 Å². The summed E-state index contributed by atoms with van der Waals surface area (Å²) in [6.45, 7) is 4.47. The third kappa shape index (κ3) is 5.58. The van der Waals surface area contributed by atoms with Gasteiger partial charge in [0, 0.05) is 38.3 Å². The van der Waals surface area contributed by atoms with Crippen LogP contribution in [0.15, 0.2) is 53.3 Å². The number of anilines is 2. The number of nitrogens with two attached hydrogens (primary N) is 1. The quantitative estimate of drug-likeness (QED) is 0.250. The summed E-state index contributed by atoms with van der Waals surface area (Å²) in [6, 6.07) is 10.1. The molecule has 14 heteroatoms. The fourth-order valence-electron chi connectivity index (χ4n) is 5.05. The number of nitrogens with zero attached hydrogens (tertiary/aromatic N) is 7. The molecule has 1 amide bonds. The van der Waals surface area contributed by atoms with Crippen molar-refractivity contribution in [1.82, 2.24) is 34.6 Å². The topological polar surface area (TPSA) is 146 Å². The van der Waals surface area contributed by atoms with E-state index in [0.717, 1.165) is 30.5 Å². The van der Waals surface area contributed by atoms with E-state index in [0.29, 0.717) is 48.2 Å². The van der Waals surface area contributed by atoms with Gasteiger partial charge >= 0.3 is 0 Å². The summed E-state index contributed by atoms with van der Waals surface area (Å²) >= 11 is -0.999. The van der Waals surface area contributed by atoms with Gasteiger partial charge in [0.05, 0.1) is 48.4 Å². The zero-order chi connectivity index (χ0) is 28.5. The molecule has 214 valence electrons. The minimum absolute atomic E-state index is 0.248. The molecule has 1 atom stereocenters. The maximum atomic E-state index is 14.9. The smallest absolute Gasteiger partial charge is 0.251 e. The highest BCUT2D eigenvalue weighted by Gasteiger charge is 2.22. The standard InChI is InChI=1S/C27H30FN9O3S/c1-41(39)14-6-30-26(38)18-4-5-22(20(28)15-18)35-10-7-34(8-11-35)9-12-36-25-19(17-31-36)23-16-21(24-3-2-13-40-24)33-37(23)27(29)32-25/h2-5,13,15-17H,6-12,14H2,1H3,(H2,29,32)(H,30,38). The molecule has 1 saturated heterocycles. The van der Waals surface area contributed by atoms with Crippen LogP contribution >= 0.6 is 0 Å². The van der Waals surface area contributed by atoms with E-state index in [2.05, 4.69) is 25.4 Å². The Labute approximate surface area is 238 Å². The molecule has 6 rings (SSSR count). The summed E-state index contributed by atoms with van der Waals surface area (Å²) in [5.74, 6) is 0.470. The lowest BCUT2D eigenvalue weighted by molar-refractivity contribution is 0.0955. The van der Waals surface area contributed by atoms with E-state index in [1.54, 1.807) is 35.4 Å². The molecule has 0 aliphatic carbocycles. The van der Waals surface area contributed by atoms with E-state index >= 15 is 0 Å². The molecule has 41 heavy (non-hydrogen) atoms. The normalized spacial score (nSPS) is 15.1. The summed E-state index contributed by atoms with van der Waals surface area (Å²) in [7, 11) is 0. The number of benzene rings is 1. The number of amides is 1. The largest absolute Gasteiger partial charge is 0.617 e. The molecule has 5 aromatic rings. The van der Waals surface area contributed by atoms with E-state index in [4.69, 9.17) is 10.2 Å². The molecule has 0 saturated carbocycles. The van der Waals surface area contributed by atoms with Gasteiger partial charge in [0.25, 0.3) is 5.91 Å². The van der Waals surface area contributed by atoms with Crippen LogP contribution in [0.5, 0.6) is 0 Å². The van der Waals surface area contributed by atoms with Gasteiger partial charge in [0.1, 0.15) is 17.3 Å². The van der Waals surface area contributed by atoms with Crippen molar-refractivity contribution in [3.8, 4) is 11.5 Å². The van der Waals surface area contributed by atoms with Gasteiger partial charge in [-0.25, -0.2) is 9.07 Å². The summed E-state index contributed by atoms with van der Waals surface area (Å²) < 4.78 is 35.0. The first kappa shape index (κ1) is 27.1. The van der Waals surface area contributed by atoms with Crippen LogP contribution in [-0.4, -0.2) is 91.0 Å². The zero-order valence-corrected chi connectivity index (χ0v) is 23.3. The number of hydrogen-bond acceptors (Lipinski definition) is 9. The number of hydrogen-bond donors (Lipinski definition) is 2. The Kier molecular flexibility index (Phi) is 7.51. The predicted molar refractivity (Wildman–Crippen MR) is 155 cm³/mol. The molecule has 0 radical (unpaired) electrons. The Morgan fingerprint density at radius 3 is 2.76 bits per heavy atom. The first-order valence-electron chi connectivity index (χ1n) is 13.3. The van der Waals surface area contributed by atoms with Gasteiger partial charge in [-0.3, -0.25) is 9.69 Å². The third-order valence-corrected chi connectivity index (χ3v) is 8.01. The van der Waals surface area contributed by atoms with E-state index in [1.807, 2.05) is 27.8 Å².